The maximum atomic E-state index is 11.2. The molecule has 2 rings (SSSR count). The molecule has 17 heavy (non-hydrogen) atoms. The average molecular weight is 253 g/mol. The first-order chi connectivity index (χ1) is 8.22. The molecule has 2 aromatic rings. The molecule has 0 radical (unpaired) electrons. The Morgan fingerprint density at radius 2 is 2.35 bits per heavy atom. The number of hydrogen-bond acceptors (Lipinski definition) is 6. The number of ether oxygens (including phenoxy) is 1. The molecule has 0 saturated carbocycles. The first-order valence-corrected chi connectivity index (χ1v) is 5.77. The number of carbonyl (C=O) groups is 1. The number of rotatable bonds is 3. The van der Waals surface area contributed by atoms with E-state index in [-0.39, 0.29) is 6.09 Å². The minimum absolute atomic E-state index is 0.382. The number of amides is 1. The molecule has 0 unspecified atom stereocenters. The van der Waals surface area contributed by atoms with Crippen molar-refractivity contribution in [1.82, 2.24) is 24.8 Å². The second-order valence-electron chi connectivity index (χ2n) is 3.22. The molecular weight excluding hydrogens is 242 g/mol. The minimum Gasteiger partial charge on any atom is -0.453 e. The monoisotopic (exact) mass is 253 g/mol. The molecule has 2 aromatic heterocycles. The molecule has 90 valence electrons. The molecular formula is C9H11N5O2S. The van der Waals surface area contributed by atoms with Crippen LogP contribution in [0.1, 0.15) is 0 Å². The third-order valence-electron chi connectivity index (χ3n) is 2.07. The molecule has 0 aliphatic heterocycles. The third-order valence-corrected chi connectivity index (χ3v) is 3.17. The lowest BCUT2D eigenvalue weighted by Gasteiger charge is -2.14. The maximum absolute atomic E-state index is 11.2. The van der Waals surface area contributed by atoms with Crippen LogP contribution >= 0.6 is 11.8 Å². The van der Waals surface area contributed by atoms with Crippen molar-refractivity contribution < 1.29 is 9.53 Å². The van der Waals surface area contributed by atoms with Crippen LogP contribution in [0.5, 0.6) is 0 Å². The van der Waals surface area contributed by atoms with Gasteiger partial charge in [-0.1, -0.05) is 11.8 Å². The molecule has 0 aliphatic carbocycles. The summed E-state index contributed by atoms with van der Waals surface area (Å²) in [5.41, 5.74) is 1.39. The summed E-state index contributed by atoms with van der Waals surface area (Å²) in [6.45, 7) is 0. The zero-order chi connectivity index (χ0) is 12.3. The number of hydrogen-bond donors (Lipinski definition) is 1. The van der Waals surface area contributed by atoms with Crippen molar-refractivity contribution in [1.29, 1.82) is 0 Å². The summed E-state index contributed by atoms with van der Waals surface area (Å²) in [6, 6.07) is 0. The maximum Gasteiger partial charge on any atom is 0.409 e. The fraction of sp³-hybridized carbons (Fsp3) is 0.333. The Morgan fingerprint density at radius 1 is 1.53 bits per heavy atom. The molecule has 0 fully saturated rings. The Kier molecular flexibility index (Phi) is 3.43. The largest absolute Gasteiger partial charge is 0.453 e. The van der Waals surface area contributed by atoms with Gasteiger partial charge in [0.15, 0.2) is 5.65 Å². The van der Waals surface area contributed by atoms with Crippen LogP contribution in [0.4, 0.5) is 4.79 Å². The quantitative estimate of drug-likeness (QED) is 0.501. The van der Waals surface area contributed by atoms with Gasteiger partial charge in [-0.25, -0.2) is 19.7 Å². The van der Waals surface area contributed by atoms with E-state index >= 15 is 0 Å². The van der Waals surface area contributed by atoms with E-state index in [9.17, 15) is 4.79 Å². The van der Waals surface area contributed by atoms with Gasteiger partial charge in [-0.2, -0.15) is 0 Å². The Hall–Kier alpha value is -1.83. The van der Waals surface area contributed by atoms with Gasteiger partial charge >= 0.3 is 6.09 Å². The van der Waals surface area contributed by atoms with Gasteiger partial charge in [-0.05, 0) is 0 Å². The molecule has 1 N–H and O–H groups in total. The van der Waals surface area contributed by atoms with E-state index in [0.29, 0.717) is 11.5 Å². The second kappa shape index (κ2) is 5.00. The van der Waals surface area contributed by atoms with Crippen LogP contribution in [0, 0.1) is 0 Å². The Labute approximate surface area is 102 Å². The van der Waals surface area contributed by atoms with Gasteiger partial charge in [0, 0.05) is 7.05 Å². The first kappa shape index (κ1) is 11.6. The van der Waals surface area contributed by atoms with Crippen molar-refractivity contribution in [3.8, 4) is 0 Å². The molecule has 1 amide bonds. The SMILES string of the molecule is COC(=O)N(C)CSc1ncnc2nc[nH]c12. The van der Waals surface area contributed by atoms with Crippen molar-refractivity contribution >= 4 is 29.0 Å². The lowest BCUT2D eigenvalue weighted by Crippen LogP contribution is -2.25. The third kappa shape index (κ3) is 2.47. The Balaban J connectivity index is 2.09. The predicted octanol–water partition coefficient (Wildman–Crippen LogP) is 1.10. The van der Waals surface area contributed by atoms with Crippen molar-refractivity contribution in [3.63, 3.8) is 0 Å². The summed E-state index contributed by atoms with van der Waals surface area (Å²) in [6.07, 6.45) is 2.63. The van der Waals surface area contributed by atoms with Crippen LogP contribution in [-0.4, -0.2) is 51.0 Å². The zero-order valence-corrected chi connectivity index (χ0v) is 10.2. The van der Waals surface area contributed by atoms with Crippen molar-refractivity contribution in [2.75, 3.05) is 20.0 Å². The Morgan fingerprint density at radius 3 is 3.12 bits per heavy atom. The summed E-state index contributed by atoms with van der Waals surface area (Å²) in [5, 5.41) is 0.753. The van der Waals surface area contributed by atoms with E-state index in [1.54, 1.807) is 13.4 Å². The number of carbonyl (C=O) groups excluding carboxylic acids is 1. The fourth-order valence-corrected chi connectivity index (χ4v) is 2.06. The molecule has 0 atom stereocenters. The van der Waals surface area contributed by atoms with E-state index in [1.165, 1.54) is 30.1 Å². The molecule has 8 heteroatoms. The van der Waals surface area contributed by atoms with Crippen LogP contribution in [0.3, 0.4) is 0 Å². The minimum atomic E-state index is -0.382. The van der Waals surface area contributed by atoms with E-state index in [4.69, 9.17) is 0 Å². The number of aromatic amines is 1. The standard InChI is InChI=1S/C9H11N5O2S/c1-14(9(15)16-2)5-17-8-6-7(11-3-10-6)12-4-13-8/h3-4H,5H2,1-2H3,(H,10,11,12,13). The lowest BCUT2D eigenvalue weighted by atomic mass is 10.6. The van der Waals surface area contributed by atoms with E-state index in [2.05, 4.69) is 24.7 Å². The molecule has 0 bridgehead atoms. The first-order valence-electron chi connectivity index (χ1n) is 4.78. The molecule has 2 heterocycles. The number of aromatic nitrogens is 4. The highest BCUT2D eigenvalue weighted by atomic mass is 32.2. The topological polar surface area (TPSA) is 84.0 Å². The predicted molar refractivity (Wildman–Crippen MR) is 62.6 cm³/mol. The number of H-pyrrole nitrogens is 1. The van der Waals surface area contributed by atoms with E-state index in [0.717, 1.165) is 10.5 Å². The van der Waals surface area contributed by atoms with Gasteiger partial charge in [0.05, 0.1) is 19.3 Å². The molecule has 0 spiro atoms. The number of thioether (sulfide) groups is 1. The second-order valence-corrected chi connectivity index (χ2v) is 4.15. The van der Waals surface area contributed by atoms with Gasteiger partial charge in [0.25, 0.3) is 0 Å². The summed E-state index contributed by atoms with van der Waals surface area (Å²) < 4.78 is 4.59. The molecule has 0 aromatic carbocycles. The average Bonchev–Trinajstić information content (AvgIpc) is 2.83. The van der Waals surface area contributed by atoms with Gasteiger partial charge in [0.1, 0.15) is 16.9 Å². The van der Waals surface area contributed by atoms with Crippen LogP contribution in [-0.2, 0) is 4.74 Å². The highest BCUT2D eigenvalue weighted by Crippen LogP contribution is 2.22. The lowest BCUT2D eigenvalue weighted by molar-refractivity contribution is 0.140. The van der Waals surface area contributed by atoms with Crippen molar-refractivity contribution in [3.05, 3.63) is 12.7 Å². The van der Waals surface area contributed by atoms with Gasteiger partial charge < -0.3 is 14.6 Å². The number of fused-ring (bicyclic) bond motifs is 1. The summed E-state index contributed by atoms with van der Waals surface area (Å²) >= 11 is 1.41. The van der Waals surface area contributed by atoms with Crippen LogP contribution < -0.4 is 0 Å². The van der Waals surface area contributed by atoms with Crippen LogP contribution in [0.15, 0.2) is 17.7 Å². The summed E-state index contributed by atoms with van der Waals surface area (Å²) in [7, 11) is 3.01. The van der Waals surface area contributed by atoms with E-state index in [1.807, 2.05) is 0 Å². The fourth-order valence-electron chi connectivity index (χ4n) is 1.22. The molecule has 0 saturated heterocycles. The van der Waals surface area contributed by atoms with Crippen LogP contribution in [0.2, 0.25) is 0 Å². The smallest absolute Gasteiger partial charge is 0.409 e. The number of methoxy groups -OCH3 is 1. The van der Waals surface area contributed by atoms with E-state index < -0.39 is 0 Å². The summed E-state index contributed by atoms with van der Waals surface area (Å²) in [4.78, 5) is 27.8. The normalized spacial score (nSPS) is 10.5. The van der Waals surface area contributed by atoms with Crippen molar-refractivity contribution in [2.24, 2.45) is 0 Å². The molecule has 0 aliphatic rings. The zero-order valence-electron chi connectivity index (χ0n) is 9.38. The molecule has 7 nitrogen and oxygen atoms in total. The van der Waals surface area contributed by atoms with Gasteiger partial charge in [-0.15, -0.1) is 0 Å². The van der Waals surface area contributed by atoms with Crippen LogP contribution in [0.25, 0.3) is 11.2 Å². The van der Waals surface area contributed by atoms with Crippen molar-refractivity contribution in [2.45, 2.75) is 5.03 Å². The summed E-state index contributed by atoms with van der Waals surface area (Å²) in [5.74, 6) is 0.442. The number of nitrogens with one attached hydrogen (secondary N) is 1. The number of nitrogens with zero attached hydrogens (tertiary/aromatic N) is 4. The number of imidazole rings is 1. The highest BCUT2D eigenvalue weighted by Gasteiger charge is 2.11. The Bertz CT molecular complexity index is 529. The highest BCUT2D eigenvalue weighted by molar-refractivity contribution is 7.99. The van der Waals surface area contributed by atoms with Gasteiger partial charge in [-0.3, -0.25) is 0 Å². The van der Waals surface area contributed by atoms with Gasteiger partial charge in [0.2, 0.25) is 0 Å².